The highest BCUT2D eigenvalue weighted by atomic mass is 32.2. The molecule has 7 nitrogen and oxygen atoms in total. The van der Waals surface area contributed by atoms with E-state index in [1.165, 1.54) is 4.68 Å². The van der Waals surface area contributed by atoms with Gasteiger partial charge < -0.3 is 5.11 Å². The quantitative estimate of drug-likeness (QED) is 0.857. The molecule has 20 heavy (non-hydrogen) atoms. The first-order valence-electron chi connectivity index (χ1n) is 6.13. The Hall–Kier alpha value is -1.41. The van der Waals surface area contributed by atoms with Gasteiger partial charge in [-0.2, -0.15) is 9.82 Å². The SMILES string of the molecule is Cc1nn(C)c(C)c1S(=O)(=O)NC(C(=O)O)C(C)(C)C. The van der Waals surface area contributed by atoms with Crippen LogP contribution in [0.1, 0.15) is 32.2 Å². The van der Waals surface area contributed by atoms with Crippen molar-refractivity contribution in [1.29, 1.82) is 0 Å². The van der Waals surface area contributed by atoms with E-state index in [0.717, 1.165) is 0 Å². The number of aliphatic carboxylic acids is 1. The molecular formula is C12H21N3O4S. The summed E-state index contributed by atoms with van der Waals surface area (Å²) in [5.41, 5.74) is 0.0618. The number of nitrogens with one attached hydrogen (secondary N) is 1. The van der Waals surface area contributed by atoms with Crippen molar-refractivity contribution < 1.29 is 18.3 Å². The van der Waals surface area contributed by atoms with E-state index in [9.17, 15) is 18.3 Å². The molecule has 1 rings (SSSR count). The summed E-state index contributed by atoms with van der Waals surface area (Å²) in [4.78, 5) is 11.3. The van der Waals surface area contributed by atoms with Crippen LogP contribution in [0.25, 0.3) is 0 Å². The maximum atomic E-state index is 12.4. The second kappa shape index (κ2) is 5.17. The van der Waals surface area contributed by atoms with Crippen LogP contribution < -0.4 is 4.72 Å². The zero-order chi connectivity index (χ0) is 15.9. The third kappa shape index (κ3) is 3.18. The van der Waals surface area contributed by atoms with Crippen LogP contribution >= 0.6 is 0 Å². The van der Waals surface area contributed by atoms with Crippen LogP contribution in [0.15, 0.2) is 4.90 Å². The fraction of sp³-hybridized carbons (Fsp3) is 0.667. The number of aryl methyl sites for hydroxylation is 2. The lowest BCUT2D eigenvalue weighted by Gasteiger charge is -2.27. The summed E-state index contributed by atoms with van der Waals surface area (Å²) in [5, 5.41) is 13.3. The lowest BCUT2D eigenvalue weighted by Crippen LogP contribution is -2.49. The van der Waals surface area contributed by atoms with Gasteiger partial charge in [0.05, 0.1) is 11.4 Å². The van der Waals surface area contributed by atoms with E-state index >= 15 is 0 Å². The number of sulfonamides is 1. The molecule has 2 N–H and O–H groups in total. The van der Waals surface area contributed by atoms with E-state index in [1.54, 1.807) is 41.7 Å². The first kappa shape index (κ1) is 16.6. The van der Waals surface area contributed by atoms with Crippen LogP contribution in [0, 0.1) is 19.3 Å². The Morgan fingerprint density at radius 1 is 1.35 bits per heavy atom. The van der Waals surface area contributed by atoms with Crippen LogP contribution in [-0.2, 0) is 21.9 Å². The van der Waals surface area contributed by atoms with E-state index in [2.05, 4.69) is 9.82 Å². The summed E-state index contributed by atoms with van der Waals surface area (Å²) in [7, 11) is -2.30. The van der Waals surface area contributed by atoms with Crippen LogP contribution in [0.2, 0.25) is 0 Å². The van der Waals surface area contributed by atoms with Crippen LogP contribution in [0.5, 0.6) is 0 Å². The molecule has 0 saturated carbocycles. The smallest absolute Gasteiger partial charge is 0.322 e. The van der Waals surface area contributed by atoms with Gasteiger partial charge in [-0.05, 0) is 19.3 Å². The molecule has 0 fully saturated rings. The maximum Gasteiger partial charge on any atom is 0.322 e. The third-order valence-corrected chi connectivity index (χ3v) is 4.77. The Balaban J connectivity index is 3.28. The standard InChI is InChI=1S/C12H21N3O4S/c1-7-9(8(2)15(6)13-7)20(18,19)14-10(11(16)17)12(3,4)5/h10,14H,1-6H3,(H,16,17). The Bertz CT molecular complexity index is 626. The lowest BCUT2D eigenvalue weighted by molar-refractivity contribution is -0.141. The largest absolute Gasteiger partial charge is 0.480 e. The van der Waals surface area contributed by atoms with Gasteiger partial charge in [0.25, 0.3) is 0 Å². The van der Waals surface area contributed by atoms with Crippen molar-refractivity contribution >= 4 is 16.0 Å². The number of hydrogen-bond donors (Lipinski definition) is 2. The molecule has 1 aromatic rings. The van der Waals surface area contributed by atoms with Crippen molar-refractivity contribution in [2.45, 2.75) is 45.6 Å². The van der Waals surface area contributed by atoms with E-state index in [0.29, 0.717) is 11.4 Å². The molecule has 1 unspecified atom stereocenters. The van der Waals surface area contributed by atoms with Gasteiger partial charge in [0, 0.05) is 7.05 Å². The zero-order valence-corrected chi connectivity index (χ0v) is 13.4. The summed E-state index contributed by atoms with van der Waals surface area (Å²) >= 11 is 0. The Kier molecular flexibility index (Phi) is 4.31. The van der Waals surface area contributed by atoms with Gasteiger partial charge in [-0.15, -0.1) is 0 Å². The molecule has 0 amide bonds. The van der Waals surface area contributed by atoms with Gasteiger partial charge in [0.15, 0.2) is 0 Å². The van der Waals surface area contributed by atoms with E-state index in [1.807, 2.05) is 0 Å². The second-order valence-corrected chi connectivity index (χ2v) is 7.53. The number of hydrogen-bond acceptors (Lipinski definition) is 4. The van der Waals surface area contributed by atoms with Gasteiger partial charge in [-0.25, -0.2) is 8.42 Å². The van der Waals surface area contributed by atoms with E-state index in [4.69, 9.17) is 0 Å². The number of carboxylic acid groups (broad SMARTS) is 1. The fourth-order valence-corrected chi connectivity index (χ4v) is 3.79. The topological polar surface area (TPSA) is 101 Å². The molecular weight excluding hydrogens is 282 g/mol. The lowest BCUT2D eigenvalue weighted by atomic mass is 9.88. The first-order valence-corrected chi connectivity index (χ1v) is 7.61. The summed E-state index contributed by atoms with van der Waals surface area (Å²) in [5.74, 6) is -1.21. The zero-order valence-electron chi connectivity index (χ0n) is 12.6. The molecule has 1 aromatic heterocycles. The Labute approximate surface area is 119 Å². The number of carbonyl (C=O) groups is 1. The number of nitrogens with zero attached hydrogens (tertiary/aromatic N) is 2. The fourth-order valence-electron chi connectivity index (χ4n) is 1.95. The highest BCUT2D eigenvalue weighted by molar-refractivity contribution is 7.89. The summed E-state index contributed by atoms with van der Waals surface area (Å²) in [6, 6.07) is -1.22. The molecule has 1 atom stereocenters. The predicted molar refractivity (Wildman–Crippen MR) is 73.9 cm³/mol. The van der Waals surface area contributed by atoms with E-state index in [-0.39, 0.29) is 4.90 Å². The van der Waals surface area contributed by atoms with E-state index < -0.39 is 27.4 Å². The molecule has 0 saturated heterocycles. The minimum Gasteiger partial charge on any atom is -0.480 e. The maximum absolute atomic E-state index is 12.4. The molecule has 0 spiro atoms. The third-order valence-electron chi connectivity index (χ3n) is 3.10. The predicted octanol–water partition coefficient (Wildman–Crippen LogP) is 0.815. The highest BCUT2D eigenvalue weighted by Crippen LogP contribution is 2.24. The summed E-state index contributed by atoms with van der Waals surface area (Å²) < 4.78 is 28.6. The van der Waals surface area contributed by atoms with Crippen LogP contribution in [-0.4, -0.2) is 35.3 Å². The molecule has 0 bridgehead atoms. The molecule has 0 aliphatic rings. The van der Waals surface area contributed by atoms with Crippen LogP contribution in [0.4, 0.5) is 0 Å². The molecule has 0 aromatic carbocycles. The van der Waals surface area contributed by atoms with Gasteiger partial charge in [0.1, 0.15) is 10.9 Å². The van der Waals surface area contributed by atoms with Crippen molar-refractivity contribution in [3.8, 4) is 0 Å². The van der Waals surface area contributed by atoms with Crippen molar-refractivity contribution in [3.05, 3.63) is 11.4 Å². The monoisotopic (exact) mass is 303 g/mol. The second-order valence-electron chi connectivity index (χ2n) is 5.88. The van der Waals surface area contributed by atoms with Crippen LogP contribution in [0.3, 0.4) is 0 Å². The number of rotatable bonds is 4. The Morgan fingerprint density at radius 3 is 2.15 bits per heavy atom. The van der Waals surface area contributed by atoms with Crippen molar-refractivity contribution in [2.24, 2.45) is 12.5 Å². The normalized spacial score (nSPS) is 14.3. The summed E-state index contributed by atoms with van der Waals surface area (Å²) in [6.45, 7) is 8.20. The van der Waals surface area contributed by atoms with Crippen molar-refractivity contribution in [1.82, 2.24) is 14.5 Å². The molecule has 8 heteroatoms. The molecule has 0 aliphatic carbocycles. The van der Waals surface area contributed by atoms with Crippen molar-refractivity contribution in [3.63, 3.8) is 0 Å². The van der Waals surface area contributed by atoms with Gasteiger partial charge in [-0.1, -0.05) is 20.8 Å². The number of aromatic nitrogens is 2. The minimum atomic E-state index is -3.94. The highest BCUT2D eigenvalue weighted by Gasteiger charge is 2.36. The number of carboxylic acids is 1. The average molecular weight is 303 g/mol. The summed E-state index contributed by atoms with van der Waals surface area (Å²) in [6.07, 6.45) is 0. The first-order chi connectivity index (χ1) is 8.88. The van der Waals surface area contributed by atoms with Crippen molar-refractivity contribution in [2.75, 3.05) is 0 Å². The average Bonchev–Trinajstić information content (AvgIpc) is 2.48. The van der Waals surface area contributed by atoms with Gasteiger partial charge >= 0.3 is 5.97 Å². The molecule has 1 heterocycles. The molecule has 114 valence electrons. The molecule has 0 radical (unpaired) electrons. The Morgan fingerprint density at radius 2 is 1.85 bits per heavy atom. The van der Waals surface area contributed by atoms with Gasteiger partial charge in [-0.3, -0.25) is 9.48 Å². The minimum absolute atomic E-state index is 0.0375. The molecule has 0 aliphatic heterocycles. The van der Waals surface area contributed by atoms with Gasteiger partial charge in [0.2, 0.25) is 10.0 Å².